The Kier molecular flexibility index (Phi) is 1.79. The second-order valence-electron chi connectivity index (χ2n) is 1.53. The number of H-pyrrole nitrogens is 1. The molecule has 0 aromatic carbocycles. The summed E-state index contributed by atoms with van der Waals surface area (Å²) in [5.74, 6) is 0. The van der Waals surface area contributed by atoms with Crippen molar-refractivity contribution in [3.63, 3.8) is 0 Å². The van der Waals surface area contributed by atoms with Gasteiger partial charge in [0.1, 0.15) is 0 Å². The fourth-order valence-corrected chi connectivity index (χ4v) is 0.654. The first-order chi connectivity index (χ1) is 4.29. The van der Waals surface area contributed by atoms with Crippen molar-refractivity contribution >= 4 is 23.6 Å². The Hall–Kier alpha value is -0.900. The van der Waals surface area contributed by atoms with Crippen LogP contribution in [-0.2, 0) is 0 Å². The van der Waals surface area contributed by atoms with Gasteiger partial charge in [0.05, 0.1) is 5.69 Å². The van der Waals surface area contributed by atoms with Crippen molar-refractivity contribution < 1.29 is 4.79 Å². The molecule has 9 heavy (non-hydrogen) atoms. The Labute approximate surface area is 57.9 Å². The summed E-state index contributed by atoms with van der Waals surface area (Å²) in [5.41, 5.74) is 0.731. The Bertz CT molecular complexity index is 195. The highest BCUT2D eigenvalue weighted by Crippen LogP contribution is 2.03. The van der Waals surface area contributed by atoms with Gasteiger partial charge in [-0.05, 0) is 6.07 Å². The van der Waals surface area contributed by atoms with Gasteiger partial charge >= 0.3 is 0 Å². The van der Waals surface area contributed by atoms with Crippen LogP contribution in [0.3, 0.4) is 0 Å². The lowest BCUT2D eigenvalue weighted by molar-refractivity contribution is 0.270. The number of carbonyl (C=O) groups excluding carboxylic acids is 1. The SMILES string of the molecule is O=C(S)Nc1cc[nH]c1. The quantitative estimate of drug-likeness (QED) is 0.511. The molecule has 0 unspecified atom stereocenters. The molecule has 1 amide bonds. The number of hydrogen-bond acceptors (Lipinski definition) is 1. The van der Waals surface area contributed by atoms with Crippen LogP contribution in [0.4, 0.5) is 10.5 Å². The Balaban J connectivity index is 2.58. The van der Waals surface area contributed by atoms with Crippen LogP contribution in [0.1, 0.15) is 0 Å². The van der Waals surface area contributed by atoms with Crippen molar-refractivity contribution in [2.75, 3.05) is 5.32 Å². The van der Waals surface area contributed by atoms with Crippen LogP contribution in [-0.4, -0.2) is 10.2 Å². The lowest BCUT2D eigenvalue weighted by atomic mass is 10.5. The summed E-state index contributed by atoms with van der Waals surface area (Å²) in [6.07, 6.45) is 3.40. The van der Waals surface area contributed by atoms with E-state index in [2.05, 4.69) is 22.9 Å². The highest BCUT2D eigenvalue weighted by atomic mass is 32.1. The van der Waals surface area contributed by atoms with Crippen molar-refractivity contribution in [1.29, 1.82) is 0 Å². The number of anilines is 1. The number of nitrogens with one attached hydrogen (secondary N) is 2. The van der Waals surface area contributed by atoms with Gasteiger partial charge in [0.15, 0.2) is 0 Å². The molecule has 2 N–H and O–H groups in total. The van der Waals surface area contributed by atoms with E-state index >= 15 is 0 Å². The average molecular weight is 142 g/mol. The molecule has 3 nitrogen and oxygen atoms in total. The Morgan fingerprint density at radius 3 is 3.00 bits per heavy atom. The summed E-state index contributed by atoms with van der Waals surface area (Å²) in [6, 6.07) is 1.74. The third-order valence-electron chi connectivity index (χ3n) is 0.849. The number of carbonyl (C=O) groups is 1. The van der Waals surface area contributed by atoms with Gasteiger partial charge in [-0.2, -0.15) is 0 Å². The van der Waals surface area contributed by atoms with E-state index in [-0.39, 0.29) is 5.24 Å². The fraction of sp³-hybridized carbons (Fsp3) is 0. The van der Waals surface area contributed by atoms with E-state index < -0.39 is 0 Å². The monoisotopic (exact) mass is 142 g/mol. The van der Waals surface area contributed by atoms with Gasteiger partial charge in [0.2, 0.25) is 0 Å². The number of aromatic amines is 1. The molecular formula is C5H6N2OS. The largest absolute Gasteiger partial charge is 0.366 e. The molecule has 1 aromatic heterocycles. The zero-order chi connectivity index (χ0) is 6.69. The van der Waals surface area contributed by atoms with E-state index in [1.807, 2.05) is 0 Å². The van der Waals surface area contributed by atoms with Gasteiger partial charge in [0, 0.05) is 12.4 Å². The van der Waals surface area contributed by atoms with Crippen molar-refractivity contribution in [2.45, 2.75) is 0 Å². The summed E-state index contributed by atoms with van der Waals surface area (Å²) in [7, 11) is 0. The van der Waals surface area contributed by atoms with Crippen LogP contribution in [0.2, 0.25) is 0 Å². The normalized spacial score (nSPS) is 9.00. The minimum atomic E-state index is -0.352. The van der Waals surface area contributed by atoms with Gasteiger partial charge in [-0.3, -0.25) is 4.79 Å². The lowest BCUT2D eigenvalue weighted by Crippen LogP contribution is -1.98. The minimum absolute atomic E-state index is 0.352. The van der Waals surface area contributed by atoms with Crippen molar-refractivity contribution in [3.05, 3.63) is 18.5 Å². The summed E-state index contributed by atoms with van der Waals surface area (Å²) >= 11 is 3.52. The predicted octanol–water partition coefficient (Wildman–Crippen LogP) is 1.48. The molecule has 1 heterocycles. The van der Waals surface area contributed by atoms with Crippen LogP contribution in [0, 0.1) is 0 Å². The Morgan fingerprint density at radius 2 is 2.56 bits per heavy atom. The van der Waals surface area contributed by atoms with Gasteiger partial charge < -0.3 is 10.3 Å². The van der Waals surface area contributed by atoms with Crippen molar-refractivity contribution in [3.8, 4) is 0 Å². The first-order valence-electron chi connectivity index (χ1n) is 2.42. The predicted molar refractivity (Wildman–Crippen MR) is 38.8 cm³/mol. The number of hydrogen-bond donors (Lipinski definition) is 3. The van der Waals surface area contributed by atoms with Crippen molar-refractivity contribution in [1.82, 2.24) is 4.98 Å². The molecule has 0 radical (unpaired) electrons. The first-order valence-corrected chi connectivity index (χ1v) is 2.86. The summed E-state index contributed by atoms with van der Waals surface area (Å²) < 4.78 is 0. The van der Waals surface area contributed by atoms with E-state index in [9.17, 15) is 4.79 Å². The molecular weight excluding hydrogens is 136 g/mol. The minimum Gasteiger partial charge on any atom is -0.366 e. The molecule has 0 aliphatic carbocycles. The molecule has 0 spiro atoms. The van der Waals surface area contributed by atoms with Crippen LogP contribution in [0.15, 0.2) is 18.5 Å². The van der Waals surface area contributed by atoms with E-state index in [4.69, 9.17) is 0 Å². The third kappa shape index (κ3) is 1.81. The zero-order valence-corrected chi connectivity index (χ0v) is 5.48. The van der Waals surface area contributed by atoms with Crippen LogP contribution >= 0.6 is 12.6 Å². The number of thiol groups is 1. The van der Waals surface area contributed by atoms with Gasteiger partial charge in [-0.15, -0.1) is 0 Å². The van der Waals surface area contributed by atoms with Crippen LogP contribution in [0.5, 0.6) is 0 Å². The van der Waals surface area contributed by atoms with Crippen LogP contribution in [0.25, 0.3) is 0 Å². The number of aromatic nitrogens is 1. The lowest BCUT2D eigenvalue weighted by Gasteiger charge is -1.91. The maximum Gasteiger partial charge on any atom is 0.280 e. The topological polar surface area (TPSA) is 44.9 Å². The number of amides is 1. The molecule has 4 heteroatoms. The molecule has 0 aliphatic rings. The highest BCUT2D eigenvalue weighted by molar-refractivity contribution is 7.96. The summed E-state index contributed by atoms with van der Waals surface area (Å²) in [4.78, 5) is 13.0. The fourth-order valence-electron chi connectivity index (χ4n) is 0.525. The third-order valence-corrected chi connectivity index (χ3v) is 0.961. The van der Waals surface area contributed by atoms with E-state index in [1.54, 1.807) is 18.5 Å². The summed E-state index contributed by atoms with van der Waals surface area (Å²) in [6.45, 7) is 0. The molecule has 0 bridgehead atoms. The molecule has 1 aromatic rings. The molecule has 0 aliphatic heterocycles. The van der Waals surface area contributed by atoms with Crippen LogP contribution < -0.4 is 5.32 Å². The molecule has 1 rings (SSSR count). The Morgan fingerprint density at radius 1 is 1.78 bits per heavy atom. The maximum atomic E-state index is 10.3. The first kappa shape index (κ1) is 6.22. The van der Waals surface area contributed by atoms with Gasteiger partial charge in [0.25, 0.3) is 5.24 Å². The smallest absolute Gasteiger partial charge is 0.280 e. The molecule has 0 saturated heterocycles. The van der Waals surface area contributed by atoms with Gasteiger partial charge in [-0.1, -0.05) is 12.6 Å². The molecule has 0 fully saturated rings. The molecule has 0 saturated carbocycles. The maximum absolute atomic E-state index is 10.3. The average Bonchev–Trinajstić information content (AvgIpc) is 2.15. The molecule has 0 atom stereocenters. The second kappa shape index (κ2) is 2.59. The highest BCUT2D eigenvalue weighted by Gasteiger charge is 1.92. The number of rotatable bonds is 1. The van der Waals surface area contributed by atoms with Gasteiger partial charge in [-0.25, -0.2) is 0 Å². The van der Waals surface area contributed by atoms with E-state index in [0.29, 0.717) is 0 Å². The summed E-state index contributed by atoms with van der Waals surface area (Å²) in [5, 5.41) is 2.13. The zero-order valence-electron chi connectivity index (χ0n) is 4.59. The van der Waals surface area contributed by atoms with E-state index in [0.717, 1.165) is 5.69 Å². The second-order valence-corrected chi connectivity index (χ2v) is 1.94. The molecule has 48 valence electrons. The van der Waals surface area contributed by atoms with E-state index in [1.165, 1.54) is 0 Å². The standard InChI is InChI=1S/C5H6N2OS/c8-5(9)7-4-1-2-6-3-4/h1-3,6H,(H2,7,8,9). The van der Waals surface area contributed by atoms with Crippen molar-refractivity contribution in [2.24, 2.45) is 0 Å².